The van der Waals surface area contributed by atoms with Crippen molar-refractivity contribution >= 4 is 17.6 Å². The Morgan fingerprint density at radius 3 is 2.65 bits per heavy atom. The first-order valence-corrected chi connectivity index (χ1v) is 5.98. The first kappa shape index (κ1) is 14.2. The number of carbonyl (C=O) groups is 2. The average molecular weight is 281 g/mol. The van der Waals surface area contributed by atoms with Crippen molar-refractivity contribution in [2.45, 2.75) is 6.42 Å². The van der Waals surface area contributed by atoms with Crippen molar-refractivity contribution in [1.29, 1.82) is 0 Å². The van der Waals surface area contributed by atoms with Crippen LogP contribution in [0.1, 0.15) is 16.8 Å². The number of carbonyl (C=O) groups excluding carboxylic acids is 2. The predicted molar refractivity (Wildman–Crippen MR) is 68.4 cm³/mol. The molecule has 1 aromatic rings. The monoisotopic (exact) mass is 281 g/mol. The van der Waals surface area contributed by atoms with Gasteiger partial charge in [-0.1, -0.05) is 6.08 Å². The number of nitrogens with zero attached hydrogens (tertiary/aromatic N) is 1. The van der Waals surface area contributed by atoms with E-state index < -0.39 is 17.6 Å². The van der Waals surface area contributed by atoms with E-state index in [0.29, 0.717) is 0 Å². The standard InChI is InChI=1S/C14H13F2NO3/c1-3-8-4-13(18)17(7-8)12-6-11(16)10(15)5-9(12)14(19)20-2/h3,5-6,8H,1,4,7H2,2H3. The van der Waals surface area contributed by atoms with Crippen molar-refractivity contribution in [3.63, 3.8) is 0 Å². The molecule has 0 saturated carbocycles. The molecule has 2 rings (SSSR count). The van der Waals surface area contributed by atoms with E-state index in [2.05, 4.69) is 11.3 Å². The highest BCUT2D eigenvalue weighted by Crippen LogP contribution is 2.30. The zero-order chi connectivity index (χ0) is 14.9. The van der Waals surface area contributed by atoms with Crippen LogP contribution in [0.2, 0.25) is 0 Å². The van der Waals surface area contributed by atoms with Crippen molar-refractivity contribution < 1.29 is 23.1 Å². The van der Waals surface area contributed by atoms with Gasteiger partial charge in [0, 0.05) is 24.9 Å². The first-order valence-electron chi connectivity index (χ1n) is 5.98. The minimum Gasteiger partial charge on any atom is -0.465 e. The molecule has 0 radical (unpaired) electrons. The zero-order valence-electron chi connectivity index (χ0n) is 10.9. The molecule has 20 heavy (non-hydrogen) atoms. The summed E-state index contributed by atoms with van der Waals surface area (Å²) in [5, 5.41) is 0. The molecule has 1 aromatic carbocycles. The molecule has 1 unspecified atom stereocenters. The lowest BCUT2D eigenvalue weighted by Gasteiger charge is -2.19. The largest absolute Gasteiger partial charge is 0.465 e. The molecule has 1 saturated heterocycles. The number of amides is 1. The van der Waals surface area contributed by atoms with Crippen molar-refractivity contribution in [2.75, 3.05) is 18.6 Å². The molecule has 0 N–H and O–H groups in total. The van der Waals surface area contributed by atoms with Gasteiger partial charge in [-0.2, -0.15) is 0 Å². The van der Waals surface area contributed by atoms with Gasteiger partial charge in [-0.05, 0) is 6.07 Å². The SMILES string of the molecule is C=CC1CC(=O)N(c2cc(F)c(F)cc2C(=O)OC)C1. The molecule has 0 bridgehead atoms. The van der Waals surface area contributed by atoms with Gasteiger partial charge in [0.1, 0.15) is 0 Å². The summed E-state index contributed by atoms with van der Waals surface area (Å²) >= 11 is 0. The summed E-state index contributed by atoms with van der Waals surface area (Å²) < 4.78 is 31.2. The number of hydrogen-bond donors (Lipinski definition) is 0. The fourth-order valence-corrected chi connectivity index (χ4v) is 2.16. The maximum absolute atomic E-state index is 13.4. The highest BCUT2D eigenvalue weighted by atomic mass is 19.2. The zero-order valence-corrected chi connectivity index (χ0v) is 10.9. The van der Waals surface area contributed by atoms with Crippen molar-refractivity contribution in [2.24, 2.45) is 5.92 Å². The Bertz CT molecular complexity index is 586. The normalized spacial score (nSPS) is 18.2. The Hall–Kier alpha value is -2.24. The average Bonchev–Trinajstić information content (AvgIpc) is 2.81. The Morgan fingerprint density at radius 1 is 1.45 bits per heavy atom. The van der Waals surface area contributed by atoms with Gasteiger partial charge in [-0.25, -0.2) is 13.6 Å². The molecule has 1 atom stereocenters. The van der Waals surface area contributed by atoms with E-state index in [1.54, 1.807) is 6.08 Å². The maximum atomic E-state index is 13.4. The fourth-order valence-electron chi connectivity index (χ4n) is 2.16. The number of ether oxygens (including phenoxy) is 1. The fraction of sp³-hybridized carbons (Fsp3) is 0.286. The van der Waals surface area contributed by atoms with Gasteiger partial charge in [0.25, 0.3) is 0 Å². The van der Waals surface area contributed by atoms with Crippen LogP contribution in [0.3, 0.4) is 0 Å². The minimum atomic E-state index is -1.17. The summed E-state index contributed by atoms with van der Waals surface area (Å²) in [6.45, 7) is 3.88. The van der Waals surface area contributed by atoms with Crippen molar-refractivity contribution in [3.05, 3.63) is 42.0 Å². The molecule has 0 aromatic heterocycles. The van der Waals surface area contributed by atoms with Crippen LogP contribution in [0, 0.1) is 17.6 Å². The third kappa shape index (κ3) is 2.41. The summed E-state index contributed by atoms with van der Waals surface area (Å²) in [7, 11) is 1.13. The van der Waals surface area contributed by atoms with E-state index in [-0.39, 0.29) is 36.0 Å². The molecule has 1 aliphatic rings. The number of anilines is 1. The van der Waals surface area contributed by atoms with Crippen LogP contribution in [0.25, 0.3) is 0 Å². The van der Waals surface area contributed by atoms with Gasteiger partial charge in [-0.15, -0.1) is 6.58 Å². The molecule has 1 heterocycles. The van der Waals surface area contributed by atoms with Crippen LogP contribution in [0.4, 0.5) is 14.5 Å². The molecule has 1 fully saturated rings. The van der Waals surface area contributed by atoms with E-state index in [4.69, 9.17) is 0 Å². The molecular weight excluding hydrogens is 268 g/mol. The molecule has 0 aliphatic carbocycles. The smallest absolute Gasteiger partial charge is 0.340 e. The number of esters is 1. The van der Waals surface area contributed by atoms with Crippen LogP contribution in [0.15, 0.2) is 24.8 Å². The number of hydrogen-bond acceptors (Lipinski definition) is 3. The first-order chi connectivity index (χ1) is 9.47. The van der Waals surface area contributed by atoms with E-state index >= 15 is 0 Å². The van der Waals surface area contributed by atoms with Gasteiger partial charge in [0.15, 0.2) is 11.6 Å². The summed E-state index contributed by atoms with van der Waals surface area (Å²) in [4.78, 5) is 24.8. The van der Waals surface area contributed by atoms with Gasteiger partial charge in [0.2, 0.25) is 5.91 Å². The van der Waals surface area contributed by atoms with Crippen LogP contribution in [-0.4, -0.2) is 25.5 Å². The van der Waals surface area contributed by atoms with Crippen LogP contribution < -0.4 is 4.90 Å². The third-order valence-electron chi connectivity index (χ3n) is 3.22. The minimum absolute atomic E-state index is 0.0186. The number of halogens is 2. The Balaban J connectivity index is 2.50. The van der Waals surface area contributed by atoms with E-state index in [1.165, 1.54) is 4.90 Å². The Kier molecular flexibility index (Phi) is 3.83. The lowest BCUT2D eigenvalue weighted by molar-refractivity contribution is -0.117. The molecule has 6 heteroatoms. The molecule has 106 valence electrons. The predicted octanol–water partition coefficient (Wildman–Crippen LogP) is 2.29. The highest BCUT2D eigenvalue weighted by Gasteiger charge is 2.32. The summed E-state index contributed by atoms with van der Waals surface area (Å²) in [6, 6.07) is 1.58. The molecular formula is C14H13F2NO3. The Morgan fingerprint density at radius 2 is 2.10 bits per heavy atom. The summed E-state index contributed by atoms with van der Waals surface area (Å²) in [5.74, 6) is -3.47. The maximum Gasteiger partial charge on any atom is 0.340 e. The van der Waals surface area contributed by atoms with Crippen LogP contribution in [0.5, 0.6) is 0 Å². The lowest BCUT2D eigenvalue weighted by Crippen LogP contribution is -2.27. The number of rotatable bonds is 3. The second-order valence-electron chi connectivity index (χ2n) is 4.48. The van der Waals surface area contributed by atoms with Gasteiger partial charge in [-0.3, -0.25) is 4.79 Å². The van der Waals surface area contributed by atoms with Crippen molar-refractivity contribution in [1.82, 2.24) is 0 Å². The van der Waals surface area contributed by atoms with E-state index in [0.717, 1.165) is 19.2 Å². The molecule has 4 nitrogen and oxygen atoms in total. The Labute approximate surface area is 114 Å². The van der Waals surface area contributed by atoms with E-state index in [9.17, 15) is 18.4 Å². The third-order valence-corrected chi connectivity index (χ3v) is 3.22. The second-order valence-corrected chi connectivity index (χ2v) is 4.48. The van der Waals surface area contributed by atoms with Gasteiger partial charge >= 0.3 is 5.97 Å². The topological polar surface area (TPSA) is 46.6 Å². The quantitative estimate of drug-likeness (QED) is 0.631. The summed E-state index contributed by atoms with van der Waals surface area (Å²) in [6.07, 6.45) is 1.85. The number of benzene rings is 1. The molecule has 1 amide bonds. The lowest BCUT2D eigenvalue weighted by atomic mass is 10.1. The summed E-state index contributed by atoms with van der Waals surface area (Å²) in [5.41, 5.74) is -0.158. The van der Waals surface area contributed by atoms with Crippen molar-refractivity contribution in [3.8, 4) is 0 Å². The molecule has 1 aliphatic heterocycles. The number of methoxy groups -OCH3 is 1. The van der Waals surface area contributed by atoms with Gasteiger partial charge in [0.05, 0.1) is 18.4 Å². The second kappa shape index (κ2) is 5.40. The van der Waals surface area contributed by atoms with E-state index in [1.807, 2.05) is 0 Å². The van der Waals surface area contributed by atoms with Gasteiger partial charge < -0.3 is 9.64 Å². The van der Waals surface area contributed by atoms with Crippen LogP contribution >= 0.6 is 0 Å². The van der Waals surface area contributed by atoms with Crippen LogP contribution in [-0.2, 0) is 9.53 Å². The highest BCUT2D eigenvalue weighted by molar-refractivity contribution is 6.03. The molecule has 0 spiro atoms.